The molecule has 0 unspecified atom stereocenters. The van der Waals surface area contributed by atoms with Gasteiger partial charge in [-0.05, 0) is 74.6 Å². The van der Waals surface area contributed by atoms with E-state index in [2.05, 4.69) is 10.6 Å². The third-order valence-corrected chi connectivity index (χ3v) is 6.64. The van der Waals surface area contributed by atoms with Gasteiger partial charge in [0.2, 0.25) is 5.91 Å². The zero-order valence-electron chi connectivity index (χ0n) is 23.7. The molecule has 8 heteroatoms. The van der Waals surface area contributed by atoms with Crippen molar-refractivity contribution in [2.24, 2.45) is 5.92 Å². The lowest BCUT2D eigenvalue weighted by Gasteiger charge is -2.29. The molecule has 3 aromatic rings. The fourth-order valence-corrected chi connectivity index (χ4v) is 4.80. The average molecular weight is 544 g/mol. The first-order valence-electron chi connectivity index (χ1n) is 13.7. The van der Waals surface area contributed by atoms with E-state index in [4.69, 9.17) is 4.74 Å². The summed E-state index contributed by atoms with van der Waals surface area (Å²) in [7, 11) is 0. The molecule has 40 heavy (non-hydrogen) atoms. The highest BCUT2D eigenvalue weighted by molar-refractivity contribution is 6.23. The molecule has 0 bridgehead atoms. The van der Waals surface area contributed by atoms with E-state index in [0.717, 1.165) is 10.8 Å². The van der Waals surface area contributed by atoms with E-state index in [9.17, 15) is 19.2 Å². The summed E-state index contributed by atoms with van der Waals surface area (Å²) in [6.07, 6.45) is 0.560. The number of carbonyl (C=O) groups excluding carboxylic acids is 4. The number of anilines is 1. The molecule has 0 saturated heterocycles. The number of nitrogens with zero attached hydrogens (tertiary/aromatic N) is 1. The number of benzene rings is 3. The Morgan fingerprint density at radius 3 is 1.93 bits per heavy atom. The number of imide groups is 1. The van der Waals surface area contributed by atoms with Crippen molar-refractivity contribution in [1.29, 1.82) is 0 Å². The lowest BCUT2D eigenvalue weighted by atomic mass is 10.0. The molecule has 3 aromatic carbocycles. The van der Waals surface area contributed by atoms with Crippen LogP contribution in [-0.2, 0) is 14.3 Å². The number of fused-ring (bicyclic) bond motifs is 2. The highest BCUT2D eigenvalue weighted by Crippen LogP contribution is 2.28. The maximum Gasteiger partial charge on any atom is 0.323 e. The number of carbonyl (C=O) groups is 4. The number of esters is 1. The van der Waals surface area contributed by atoms with Crippen molar-refractivity contribution >= 4 is 40.2 Å². The molecule has 0 aromatic heterocycles. The van der Waals surface area contributed by atoms with Crippen molar-refractivity contribution in [3.8, 4) is 0 Å². The number of rotatable bonds is 10. The van der Waals surface area contributed by atoms with Gasteiger partial charge in [0.05, 0.1) is 17.2 Å². The van der Waals surface area contributed by atoms with E-state index in [1.54, 1.807) is 45.0 Å². The number of amides is 3. The molecule has 4 rings (SSSR count). The smallest absolute Gasteiger partial charge is 0.323 e. The van der Waals surface area contributed by atoms with Crippen molar-refractivity contribution in [2.75, 3.05) is 11.9 Å². The van der Waals surface area contributed by atoms with Crippen molar-refractivity contribution in [2.45, 2.75) is 65.1 Å². The Balaban J connectivity index is 1.54. The van der Waals surface area contributed by atoms with Crippen molar-refractivity contribution in [1.82, 2.24) is 10.2 Å². The number of hydrogen-bond acceptors (Lipinski definition) is 6. The summed E-state index contributed by atoms with van der Waals surface area (Å²) in [6, 6.07) is 18.5. The van der Waals surface area contributed by atoms with Crippen LogP contribution in [0.25, 0.3) is 10.8 Å². The van der Waals surface area contributed by atoms with Crippen LogP contribution in [0.15, 0.2) is 66.7 Å². The molecule has 0 aliphatic carbocycles. The van der Waals surface area contributed by atoms with Crippen LogP contribution in [0.1, 0.15) is 68.2 Å². The van der Waals surface area contributed by atoms with Gasteiger partial charge in [-0.25, -0.2) is 0 Å². The topological polar surface area (TPSA) is 105 Å². The van der Waals surface area contributed by atoms with E-state index < -0.39 is 35.5 Å². The van der Waals surface area contributed by atoms with Gasteiger partial charge in [-0.1, -0.05) is 56.3 Å². The second-order valence-electron chi connectivity index (χ2n) is 11.6. The third kappa shape index (κ3) is 6.93. The Hall–Kier alpha value is -4.04. The van der Waals surface area contributed by atoms with E-state index in [1.807, 2.05) is 56.3 Å². The van der Waals surface area contributed by atoms with Gasteiger partial charge in [-0.2, -0.15) is 0 Å². The van der Waals surface area contributed by atoms with Crippen LogP contribution in [-0.4, -0.2) is 52.8 Å². The summed E-state index contributed by atoms with van der Waals surface area (Å²) in [5.41, 5.74) is 0.595. The van der Waals surface area contributed by atoms with E-state index >= 15 is 0 Å². The molecule has 210 valence electrons. The minimum absolute atomic E-state index is 0.00565. The van der Waals surface area contributed by atoms with Gasteiger partial charge < -0.3 is 10.1 Å². The number of hydrogen-bond donors (Lipinski definition) is 2. The molecule has 8 nitrogen and oxygen atoms in total. The number of para-hydroxylation sites is 1. The highest BCUT2D eigenvalue weighted by atomic mass is 16.6. The van der Waals surface area contributed by atoms with Crippen LogP contribution in [0.4, 0.5) is 5.69 Å². The van der Waals surface area contributed by atoms with Crippen LogP contribution < -0.4 is 10.6 Å². The van der Waals surface area contributed by atoms with Crippen molar-refractivity contribution < 1.29 is 23.9 Å². The standard InChI is InChI=1S/C32H37N3O5/c1-20(2)17-27(28(36)33-23-13-7-6-8-14-23)34-26(31(39)40-32(3,4)5)15-16-35-29(37)24-18-21-11-9-10-12-22(21)19-25(24)30(35)38/h6-14,18-20,26-27,34H,15-17H2,1-5H3,(H,33,36)/t26-,27+/m1/s1. The maximum absolute atomic E-state index is 13.3. The Labute approximate surface area is 235 Å². The predicted molar refractivity (Wildman–Crippen MR) is 155 cm³/mol. The summed E-state index contributed by atoms with van der Waals surface area (Å²) >= 11 is 0. The lowest BCUT2D eigenvalue weighted by Crippen LogP contribution is -2.52. The molecule has 0 saturated carbocycles. The summed E-state index contributed by atoms with van der Waals surface area (Å²) in [6.45, 7) is 9.29. The molecular weight excluding hydrogens is 506 g/mol. The molecule has 0 spiro atoms. The zero-order valence-corrected chi connectivity index (χ0v) is 23.7. The first-order valence-corrected chi connectivity index (χ1v) is 13.7. The second-order valence-corrected chi connectivity index (χ2v) is 11.6. The van der Waals surface area contributed by atoms with Crippen LogP contribution in [0.2, 0.25) is 0 Å². The van der Waals surface area contributed by atoms with Crippen molar-refractivity contribution in [3.05, 3.63) is 77.9 Å². The fourth-order valence-electron chi connectivity index (χ4n) is 4.80. The van der Waals surface area contributed by atoms with Gasteiger partial charge in [0, 0.05) is 12.2 Å². The second kappa shape index (κ2) is 12.0. The average Bonchev–Trinajstić information content (AvgIpc) is 3.12. The Kier molecular flexibility index (Phi) is 8.69. The molecule has 0 radical (unpaired) electrons. The Morgan fingerprint density at radius 1 is 0.850 bits per heavy atom. The van der Waals surface area contributed by atoms with Gasteiger partial charge in [-0.15, -0.1) is 0 Å². The Morgan fingerprint density at radius 2 is 1.40 bits per heavy atom. The van der Waals surface area contributed by atoms with Gasteiger partial charge in [0.15, 0.2) is 0 Å². The van der Waals surface area contributed by atoms with E-state index in [0.29, 0.717) is 23.2 Å². The molecule has 2 atom stereocenters. The monoisotopic (exact) mass is 543 g/mol. The van der Waals surface area contributed by atoms with Crippen molar-refractivity contribution in [3.63, 3.8) is 0 Å². The quantitative estimate of drug-likeness (QED) is 0.270. The number of ether oxygens (including phenoxy) is 1. The first kappa shape index (κ1) is 29.0. The number of nitrogens with one attached hydrogen (secondary N) is 2. The van der Waals surface area contributed by atoms with Gasteiger partial charge >= 0.3 is 5.97 Å². The van der Waals surface area contributed by atoms with Gasteiger partial charge in [0.25, 0.3) is 11.8 Å². The van der Waals surface area contributed by atoms with Gasteiger partial charge in [0.1, 0.15) is 11.6 Å². The fraction of sp³-hybridized carbons (Fsp3) is 0.375. The summed E-state index contributed by atoms with van der Waals surface area (Å²) in [5.74, 6) is -1.45. The van der Waals surface area contributed by atoms with E-state index in [1.165, 1.54) is 4.90 Å². The molecule has 2 N–H and O–H groups in total. The molecule has 1 heterocycles. The van der Waals surface area contributed by atoms with Crippen LogP contribution in [0.3, 0.4) is 0 Å². The summed E-state index contributed by atoms with van der Waals surface area (Å²) in [5, 5.41) is 7.85. The molecule has 1 aliphatic rings. The van der Waals surface area contributed by atoms with E-state index in [-0.39, 0.29) is 24.8 Å². The molecule has 3 amide bonds. The van der Waals surface area contributed by atoms with Gasteiger partial charge in [-0.3, -0.25) is 29.4 Å². The normalized spacial score (nSPS) is 14.8. The first-order chi connectivity index (χ1) is 18.9. The minimum Gasteiger partial charge on any atom is -0.459 e. The third-order valence-electron chi connectivity index (χ3n) is 6.64. The maximum atomic E-state index is 13.3. The van der Waals surface area contributed by atoms with Crippen LogP contribution in [0, 0.1) is 5.92 Å². The molecular formula is C32H37N3O5. The molecule has 0 fully saturated rings. The van der Waals surface area contributed by atoms with Crippen LogP contribution in [0.5, 0.6) is 0 Å². The predicted octanol–water partition coefficient (Wildman–Crippen LogP) is 5.18. The lowest BCUT2D eigenvalue weighted by molar-refractivity contribution is -0.158. The SMILES string of the molecule is CC(C)C[C@H](N[C@H](CCN1C(=O)c2cc3ccccc3cc2C1=O)C(=O)OC(C)(C)C)C(=O)Nc1ccccc1. The Bertz CT molecular complexity index is 1360. The van der Waals surface area contributed by atoms with Crippen LogP contribution >= 0.6 is 0 Å². The molecule has 1 aliphatic heterocycles. The highest BCUT2D eigenvalue weighted by Gasteiger charge is 2.37. The zero-order chi connectivity index (χ0) is 29.0. The summed E-state index contributed by atoms with van der Waals surface area (Å²) < 4.78 is 5.67. The minimum atomic E-state index is -0.923. The largest absolute Gasteiger partial charge is 0.459 e. The summed E-state index contributed by atoms with van der Waals surface area (Å²) in [4.78, 5) is 54.2.